The van der Waals surface area contributed by atoms with Gasteiger partial charge in [-0.15, -0.1) is 0 Å². The highest BCUT2D eigenvalue weighted by molar-refractivity contribution is 5.99. The van der Waals surface area contributed by atoms with E-state index in [0.717, 1.165) is 11.4 Å². The van der Waals surface area contributed by atoms with E-state index in [1.165, 1.54) is 5.56 Å². The van der Waals surface area contributed by atoms with E-state index in [1.54, 1.807) is 6.07 Å². The average molecular weight is 284 g/mol. The Bertz CT molecular complexity index is 610. The molecule has 1 aromatic heterocycles. The summed E-state index contributed by atoms with van der Waals surface area (Å²) >= 11 is 0. The maximum absolute atomic E-state index is 11.9. The molecule has 5 nitrogen and oxygen atoms in total. The summed E-state index contributed by atoms with van der Waals surface area (Å²) in [5.74, 6) is 0.535. The van der Waals surface area contributed by atoms with Crippen molar-refractivity contribution in [3.05, 3.63) is 53.7 Å². The molecule has 2 aromatic rings. The van der Waals surface area contributed by atoms with Crippen molar-refractivity contribution < 1.29 is 4.79 Å². The number of nitrogens with zero attached hydrogens (tertiary/aromatic N) is 1. The van der Waals surface area contributed by atoms with Gasteiger partial charge in [-0.1, -0.05) is 18.2 Å². The molecule has 0 fully saturated rings. The van der Waals surface area contributed by atoms with Crippen LogP contribution >= 0.6 is 0 Å². The number of pyridine rings is 1. The van der Waals surface area contributed by atoms with Crippen molar-refractivity contribution in [2.24, 2.45) is 0 Å². The Balaban J connectivity index is 1.96. The third-order valence-corrected chi connectivity index (χ3v) is 3.23. The fourth-order valence-electron chi connectivity index (χ4n) is 1.91. The van der Waals surface area contributed by atoms with Crippen LogP contribution < -0.4 is 16.0 Å². The molecule has 1 atom stereocenters. The number of benzene rings is 1. The summed E-state index contributed by atoms with van der Waals surface area (Å²) in [4.78, 5) is 16.1. The number of rotatable bonds is 4. The summed E-state index contributed by atoms with van der Waals surface area (Å²) in [6, 6.07) is 13.2. The molecule has 0 saturated heterocycles. The Morgan fingerprint density at radius 2 is 1.81 bits per heavy atom. The number of amides is 2. The van der Waals surface area contributed by atoms with Crippen LogP contribution in [-0.4, -0.2) is 18.1 Å². The van der Waals surface area contributed by atoms with Gasteiger partial charge in [-0.2, -0.15) is 0 Å². The molecule has 110 valence electrons. The lowest BCUT2D eigenvalue weighted by Crippen LogP contribution is -2.20. The molecule has 1 aromatic carbocycles. The molecule has 2 amide bonds. The van der Waals surface area contributed by atoms with E-state index in [4.69, 9.17) is 0 Å². The first-order valence-corrected chi connectivity index (χ1v) is 6.87. The molecule has 0 aliphatic carbocycles. The monoisotopic (exact) mass is 284 g/mol. The van der Waals surface area contributed by atoms with Gasteiger partial charge in [0.15, 0.2) is 0 Å². The maximum Gasteiger partial charge on any atom is 0.324 e. The molecule has 21 heavy (non-hydrogen) atoms. The molecule has 0 saturated carbocycles. The second-order valence-corrected chi connectivity index (χ2v) is 4.88. The molecule has 0 bridgehead atoms. The minimum Gasteiger partial charge on any atom is -0.313 e. The summed E-state index contributed by atoms with van der Waals surface area (Å²) in [5.41, 5.74) is 2.77. The molecule has 5 heteroatoms. The van der Waals surface area contributed by atoms with Crippen LogP contribution in [0, 0.1) is 6.92 Å². The first-order chi connectivity index (χ1) is 10.1. The average Bonchev–Trinajstić information content (AvgIpc) is 2.47. The van der Waals surface area contributed by atoms with Gasteiger partial charge in [0.2, 0.25) is 0 Å². The topological polar surface area (TPSA) is 66.0 Å². The molecule has 3 N–H and O–H groups in total. The quantitative estimate of drug-likeness (QED) is 0.807. The zero-order valence-electron chi connectivity index (χ0n) is 12.5. The van der Waals surface area contributed by atoms with Crippen LogP contribution in [0.15, 0.2) is 42.5 Å². The summed E-state index contributed by atoms with van der Waals surface area (Å²) in [6.45, 7) is 3.96. The number of urea groups is 1. The minimum absolute atomic E-state index is 0.282. The number of hydrogen-bond donors (Lipinski definition) is 3. The van der Waals surface area contributed by atoms with Crippen molar-refractivity contribution in [1.29, 1.82) is 0 Å². The first-order valence-electron chi connectivity index (χ1n) is 6.87. The van der Waals surface area contributed by atoms with Gasteiger partial charge in [-0.25, -0.2) is 9.78 Å². The molecule has 0 spiro atoms. The highest BCUT2D eigenvalue weighted by Crippen LogP contribution is 2.15. The van der Waals surface area contributed by atoms with E-state index in [1.807, 2.05) is 50.4 Å². The van der Waals surface area contributed by atoms with Crippen LogP contribution in [0.25, 0.3) is 0 Å². The van der Waals surface area contributed by atoms with Crippen LogP contribution in [0.3, 0.4) is 0 Å². The van der Waals surface area contributed by atoms with Gasteiger partial charge < -0.3 is 10.6 Å². The van der Waals surface area contributed by atoms with Crippen LogP contribution in [0.2, 0.25) is 0 Å². The molecule has 1 heterocycles. The number of aryl methyl sites for hydroxylation is 1. The van der Waals surface area contributed by atoms with Gasteiger partial charge >= 0.3 is 6.03 Å². The number of anilines is 2. The lowest BCUT2D eigenvalue weighted by molar-refractivity contribution is 0.262. The Hall–Kier alpha value is -2.40. The standard InChI is InChI=1S/C16H20N4O/c1-11-5-4-6-15(18-11)20-16(21)19-14-9-7-13(8-10-14)12(2)17-3/h4-10,12,17H,1-3H3,(H2,18,19,20,21). The van der Waals surface area contributed by atoms with Crippen LogP contribution in [0.4, 0.5) is 16.3 Å². The van der Waals surface area contributed by atoms with Crippen molar-refractivity contribution >= 4 is 17.5 Å². The zero-order chi connectivity index (χ0) is 15.2. The minimum atomic E-state index is -0.303. The summed E-state index contributed by atoms with van der Waals surface area (Å²) in [5, 5.41) is 8.66. The van der Waals surface area contributed by atoms with Crippen molar-refractivity contribution in [3.8, 4) is 0 Å². The number of carbonyl (C=O) groups excluding carboxylic acids is 1. The Morgan fingerprint density at radius 1 is 1.10 bits per heavy atom. The number of hydrogen-bond acceptors (Lipinski definition) is 3. The third kappa shape index (κ3) is 4.29. The zero-order valence-corrected chi connectivity index (χ0v) is 12.5. The largest absolute Gasteiger partial charge is 0.324 e. The molecule has 0 aliphatic heterocycles. The van der Waals surface area contributed by atoms with Crippen molar-refractivity contribution in [1.82, 2.24) is 10.3 Å². The van der Waals surface area contributed by atoms with Gasteiger partial charge in [0.25, 0.3) is 0 Å². The van der Waals surface area contributed by atoms with Crippen molar-refractivity contribution in [2.75, 3.05) is 17.7 Å². The van der Waals surface area contributed by atoms with Gasteiger partial charge in [-0.05, 0) is 50.7 Å². The SMILES string of the molecule is CNC(C)c1ccc(NC(=O)Nc2cccc(C)n2)cc1. The smallest absolute Gasteiger partial charge is 0.313 e. The van der Waals surface area contributed by atoms with Crippen molar-refractivity contribution in [2.45, 2.75) is 19.9 Å². The first kappa shape index (κ1) is 15.0. The molecule has 0 radical (unpaired) electrons. The summed E-state index contributed by atoms with van der Waals surface area (Å²) in [7, 11) is 1.92. The van der Waals surface area contributed by atoms with E-state index in [9.17, 15) is 4.79 Å². The van der Waals surface area contributed by atoms with E-state index in [-0.39, 0.29) is 12.1 Å². The summed E-state index contributed by atoms with van der Waals surface area (Å²) in [6.07, 6.45) is 0. The van der Waals surface area contributed by atoms with Crippen LogP contribution in [0.5, 0.6) is 0 Å². The van der Waals surface area contributed by atoms with Gasteiger partial charge in [0.05, 0.1) is 0 Å². The maximum atomic E-state index is 11.9. The predicted molar refractivity (Wildman–Crippen MR) is 85.5 cm³/mol. The Labute approximate surface area is 124 Å². The normalized spacial score (nSPS) is 11.8. The van der Waals surface area contributed by atoms with E-state index in [0.29, 0.717) is 5.82 Å². The summed E-state index contributed by atoms with van der Waals surface area (Å²) < 4.78 is 0. The number of nitrogens with one attached hydrogen (secondary N) is 3. The lowest BCUT2D eigenvalue weighted by atomic mass is 10.1. The van der Waals surface area contributed by atoms with E-state index >= 15 is 0 Å². The molecular weight excluding hydrogens is 264 g/mol. The highest BCUT2D eigenvalue weighted by Gasteiger charge is 2.05. The van der Waals surface area contributed by atoms with Crippen LogP contribution in [-0.2, 0) is 0 Å². The van der Waals surface area contributed by atoms with Gasteiger partial charge in [0, 0.05) is 17.4 Å². The molecule has 1 unspecified atom stereocenters. The number of carbonyl (C=O) groups is 1. The fraction of sp³-hybridized carbons (Fsp3) is 0.250. The van der Waals surface area contributed by atoms with Crippen molar-refractivity contribution in [3.63, 3.8) is 0 Å². The van der Waals surface area contributed by atoms with Gasteiger partial charge in [0.1, 0.15) is 5.82 Å². The Kier molecular flexibility index (Phi) is 4.90. The second-order valence-electron chi connectivity index (χ2n) is 4.88. The molecule has 0 aliphatic rings. The second kappa shape index (κ2) is 6.85. The van der Waals surface area contributed by atoms with E-state index in [2.05, 4.69) is 27.9 Å². The van der Waals surface area contributed by atoms with Crippen LogP contribution in [0.1, 0.15) is 24.2 Å². The van der Waals surface area contributed by atoms with E-state index < -0.39 is 0 Å². The fourth-order valence-corrected chi connectivity index (χ4v) is 1.91. The van der Waals surface area contributed by atoms with Gasteiger partial charge in [-0.3, -0.25) is 5.32 Å². The molecular formula is C16H20N4O. The Morgan fingerprint density at radius 3 is 2.43 bits per heavy atom. The highest BCUT2D eigenvalue weighted by atomic mass is 16.2. The predicted octanol–water partition coefficient (Wildman–Crippen LogP) is 3.31. The lowest BCUT2D eigenvalue weighted by Gasteiger charge is -2.12. The molecule has 2 rings (SSSR count). The number of aromatic nitrogens is 1. The third-order valence-electron chi connectivity index (χ3n) is 3.23.